The van der Waals surface area contributed by atoms with Gasteiger partial charge in [0.2, 0.25) is 0 Å². The van der Waals surface area contributed by atoms with Crippen molar-refractivity contribution >= 4 is 5.97 Å². The quantitative estimate of drug-likeness (QED) is 0.435. The molecule has 2 heteroatoms. The molecule has 3 rings (SSSR count). The van der Waals surface area contributed by atoms with Crippen molar-refractivity contribution in [3.05, 3.63) is 18.6 Å². The number of ether oxygens (including phenoxy) is 1. The first kappa shape index (κ1) is 7.84. The van der Waals surface area contributed by atoms with E-state index in [-0.39, 0.29) is 11.9 Å². The molecule has 3 atom stereocenters. The average molecular weight is 165 g/mol. The molecule has 0 aliphatic heterocycles. The van der Waals surface area contributed by atoms with Crippen molar-refractivity contribution in [2.75, 3.05) is 7.11 Å². The molecule has 3 aliphatic carbocycles. The van der Waals surface area contributed by atoms with Crippen molar-refractivity contribution in [1.82, 2.24) is 0 Å². The monoisotopic (exact) mass is 165 g/mol. The second-order valence-corrected chi connectivity index (χ2v) is 3.53. The summed E-state index contributed by atoms with van der Waals surface area (Å²) in [7, 11) is 1.46. The van der Waals surface area contributed by atoms with E-state index in [2.05, 4.69) is 18.6 Å². The molecule has 12 heavy (non-hydrogen) atoms. The highest BCUT2D eigenvalue weighted by Gasteiger charge is 2.36. The molecule has 0 aromatic carbocycles. The second kappa shape index (κ2) is 2.92. The van der Waals surface area contributed by atoms with E-state index in [0.29, 0.717) is 11.8 Å². The molecule has 0 N–H and O–H groups in total. The third-order valence-corrected chi connectivity index (χ3v) is 2.83. The van der Waals surface area contributed by atoms with E-state index in [1.54, 1.807) is 0 Å². The van der Waals surface area contributed by atoms with Crippen LogP contribution in [-0.4, -0.2) is 13.1 Å². The Morgan fingerprint density at radius 1 is 1.42 bits per heavy atom. The van der Waals surface area contributed by atoms with Gasteiger partial charge in [-0.25, -0.2) is 0 Å². The van der Waals surface area contributed by atoms with Gasteiger partial charge in [0.15, 0.2) is 0 Å². The zero-order valence-corrected chi connectivity index (χ0v) is 7.19. The minimum Gasteiger partial charge on any atom is -0.469 e. The smallest absolute Gasteiger partial charge is 0.309 e. The third-order valence-electron chi connectivity index (χ3n) is 2.83. The molecule has 1 saturated carbocycles. The van der Waals surface area contributed by atoms with Gasteiger partial charge in [-0.05, 0) is 31.1 Å². The van der Waals surface area contributed by atoms with Gasteiger partial charge in [0.1, 0.15) is 0 Å². The lowest BCUT2D eigenvalue weighted by atomic mass is 9.69. The Labute approximate surface area is 72.6 Å². The number of hydrogen-bond donors (Lipinski definition) is 0. The Bertz CT molecular complexity index is 220. The number of esters is 1. The Morgan fingerprint density at radius 3 is 2.67 bits per heavy atom. The Kier molecular flexibility index (Phi) is 1.91. The van der Waals surface area contributed by atoms with Crippen LogP contribution in [-0.2, 0) is 9.53 Å². The summed E-state index contributed by atoms with van der Waals surface area (Å²) < 4.78 is 4.74. The summed E-state index contributed by atoms with van der Waals surface area (Å²) >= 11 is 0. The fourth-order valence-electron chi connectivity index (χ4n) is 2.12. The molecule has 2 bridgehead atoms. The zero-order valence-electron chi connectivity index (χ0n) is 7.19. The molecular weight excluding hydrogens is 152 g/mol. The van der Waals surface area contributed by atoms with E-state index in [9.17, 15) is 4.79 Å². The zero-order chi connectivity index (χ0) is 8.55. The van der Waals surface area contributed by atoms with E-state index in [0.717, 1.165) is 6.42 Å². The first-order valence-electron chi connectivity index (χ1n) is 4.42. The summed E-state index contributed by atoms with van der Waals surface area (Å²) in [5.41, 5.74) is 0. The van der Waals surface area contributed by atoms with Crippen LogP contribution in [0.3, 0.4) is 0 Å². The molecule has 0 amide bonds. The molecule has 0 aromatic rings. The van der Waals surface area contributed by atoms with Crippen molar-refractivity contribution in [3.8, 4) is 0 Å². The highest BCUT2D eigenvalue weighted by atomic mass is 16.5. The van der Waals surface area contributed by atoms with E-state index >= 15 is 0 Å². The number of carbonyl (C=O) groups excluding carboxylic acids is 1. The van der Waals surface area contributed by atoms with Crippen LogP contribution in [0.25, 0.3) is 0 Å². The normalized spacial score (nSPS) is 38.2. The van der Waals surface area contributed by atoms with E-state index < -0.39 is 0 Å². The van der Waals surface area contributed by atoms with Gasteiger partial charge in [0.25, 0.3) is 0 Å². The fourth-order valence-corrected chi connectivity index (χ4v) is 2.12. The summed E-state index contributed by atoms with van der Waals surface area (Å²) in [6, 6.07) is 0. The van der Waals surface area contributed by atoms with Crippen molar-refractivity contribution in [2.45, 2.75) is 12.8 Å². The molecule has 2 nitrogen and oxygen atoms in total. The summed E-state index contributed by atoms with van der Waals surface area (Å²) in [6.07, 6.45) is 8.83. The Hall–Kier alpha value is -0.790. The van der Waals surface area contributed by atoms with Crippen LogP contribution in [0.15, 0.2) is 12.2 Å². The molecular formula is C10H13O2. The number of fused-ring (bicyclic) bond motifs is 2. The van der Waals surface area contributed by atoms with Gasteiger partial charge in [0, 0.05) is 0 Å². The maximum absolute atomic E-state index is 11.3. The van der Waals surface area contributed by atoms with Gasteiger partial charge in [-0.15, -0.1) is 0 Å². The lowest BCUT2D eigenvalue weighted by molar-refractivity contribution is -0.146. The summed E-state index contributed by atoms with van der Waals surface area (Å²) in [5.74, 6) is 0.870. The SMILES string of the molecule is COC(=O)C1[CH]C2C=CC1CC2. The molecule has 65 valence electrons. The number of carbonyl (C=O) groups is 1. The number of rotatable bonds is 1. The van der Waals surface area contributed by atoms with Gasteiger partial charge in [-0.2, -0.15) is 0 Å². The fraction of sp³-hybridized carbons (Fsp3) is 0.600. The third kappa shape index (κ3) is 1.15. The lowest BCUT2D eigenvalue weighted by Gasteiger charge is -2.35. The van der Waals surface area contributed by atoms with Gasteiger partial charge in [0.05, 0.1) is 13.0 Å². The van der Waals surface area contributed by atoms with Crippen LogP contribution in [0.1, 0.15) is 12.8 Å². The molecule has 0 saturated heterocycles. The van der Waals surface area contributed by atoms with Crippen LogP contribution in [0.2, 0.25) is 0 Å². The van der Waals surface area contributed by atoms with Crippen molar-refractivity contribution in [2.24, 2.45) is 17.8 Å². The molecule has 0 aromatic heterocycles. The van der Waals surface area contributed by atoms with Crippen molar-refractivity contribution in [3.63, 3.8) is 0 Å². The molecule has 0 spiro atoms. The standard InChI is InChI=1S/C10H13O2/c1-12-10(11)9-6-7-2-4-8(9)5-3-7/h2,4,6-9H,3,5H2,1H3. The number of allylic oxidation sites excluding steroid dienone is 2. The van der Waals surface area contributed by atoms with Gasteiger partial charge < -0.3 is 4.74 Å². The lowest BCUT2D eigenvalue weighted by Crippen LogP contribution is -2.34. The predicted molar refractivity (Wildman–Crippen MR) is 45.2 cm³/mol. The van der Waals surface area contributed by atoms with Crippen molar-refractivity contribution in [1.29, 1.82) is 0 Å². The Morgan fingerprint density at radius 2 is 2.25 bits per heavy atom. The first-order chi connectivity index (χ1) is 5.81. The minimum atomic E-state index is -0.0750. The number of hydrogen-bond acceptors (Lipinski definition) is 2. The van der Waals surface area contributed by atoms with Crippen LogP contribution in [0.5, 0.6) is 0 Å². The van der Waals surface area contributed by atoms with E-state index in [1.807, 2.05) is 0 Å². The van der Waals surface area contributed by atoms with Gasteiger partial charge >= 0.3 is 5.97 Å². The van der Waals surface area contributed by atoms with Crippen LogP contribution < -0.4 is 0 Å². The molecule has 0 heterocycles. The summed E-state index contributed by atoms with van der Waals surface area (Å²) in [6.45, 7) is 0. The van der Waals surface area contributed by atoms with E-state index in [1.165, 1.54) is 13.5 Å². The maximum Gasteiger partial charge on any atom is 0.309 e. The molecule has 1 fully saturated rings. The predicted octanol–water partition coefficient (Wildman–Crippen LogP) is 1.58. The average Bonchev–Trinajstić information content (AvgIpc) is 2.18. The van der Waals surface area contributed by atoms with Crippen LogP contribution in [0.4, 0.5) is 0 Å². The van der Waals surface area contributed by atoms with Crippen LogP contribution >= 0.6 is 0 Å². The highest BCUT2D eigenvalue weighted by molar-refractivity contribution is 5.75. The summed E-state index contributed by atoms with van der Waals surface area (Å²) in [5, 5.41) is 0. The van der Waals surface area contributed by atoms with E-state index in [4.69, 9.17) is 4.74 Å². The van der Waals surface area contributed by atoms with Crippen LogP contribution in [0, 0.1) is 24.2 Å². The van der Waals surface area contributed by atoms with Gasteiger partial charge in [-0.3, -0.25) is 4.79 Å². The molecule has 3 unspecified atom stereocenters. The van der Waals surface area contributed by atoms with Crippen molar-refractivity contribution < 1.29 is 9.53 Å². The summed E-state index contributed by atoms with van der Waals surface area (Å²) in [4.78, 5) is 11.3. The Balaban J connectivity index is 2.11. The highest BCUT2D eigenvalue weighted by Crippen LogP contribution is 2.39. The topological polar surface area (TPSA) is 26.3 Å². The second-order valence-electron chi connectivity index (χ2n) is 3.53. The minimum absolute atomic E-state index is 0.0266. The number of methoxy groups -OCH3 is 1. The maximum atomic E-state index is 11.3. The first-order valence-corrected chi connectivity index (χ1v) is 4.42. The molecule has 1 radical (unpaired) electrons. The largest absolute Gasteiger partial charge is 0.469 e. The van der Waals surface area contributed by atoms with Gasteiger partial charge in [-0.1, -0.05) is 12.2 Å². The molecule has 3 aliphatic rings.